The normalized spacial score (nSPS) is 10.3. The summed E-state index contributed by atoms with van der Waals surface area (Å²) >= 11 is 0. The number of hydrogen-bond acceptors (Lipinski definition) is 4. The second-order valence-electron chi connectivity index (χ2n) is 4.81. The quantitative estimate of drug-likeness (QED) is 0.756. The van der Waals surface area contributed by atoms with Gasteiger partial charge in [-0.1, -0.05) is 18.2 Å². The van der Waals surface area contributed by atoms with Crippen LogP contribution in [0.2, 0.25) is 0 Å². The summed E-state index contributed by atoms with van der Waals surface area (Å²) in [7, 11) is 1.50. The van der Waals surface area contributed by atoms with Crippen molar-refractivity contribution in [1.29, 1.82) is 0 Å². The summed E-state index contributed by atoms with van der Waals surface area (Å²) < 4.78 is 6.78. The van der Waals surface area contributed by atoms with Crippen LogP contribution in [0.15, 0.2) is 60.8 Å². The van der Waals surface area contributed by atoms with Gasteiger partial charge in [-0.15, -0.1) is 0 Å². The van der Waals surface area contributed by atoms with E-state index >= 15 is 0 Å². The van der Waals surface area contributed by atoms with Crippen molar-refractivity contribution in [3.63, 3.8) is 0 Å². The molecule has 2 N–H and O–H groups in total. The molecule has 6 heteroatoms. The Morgan fingerprint density at radius 3 is 2.65 bits per heavy atom. The van der Waals surface area contributed by atoms with Crippen LogP contribution in [-0.4, -0.2) is 28.0 Å². The molecule has 0 atom stereocenters. The number of methoxy groups -OCH3 is 1. The summed E-state index contributed by atoms with van der Waals surface area (Å²) in [6.45, 7) is 0. The van der Waals surface area contributed by atoms with Crippen LogP contribution in [0.5, 0.6) is 5.75 Å². The Balaban J connectivity index is 1.98. The van der Waals surface area contributed by atoms with Gasteiger partial charge in [0.2, 0.25) is 0 Å². The second kappa shape index (κ2) is 6.23. The van der Waals surface area contributed by atoms with Crippen molar-refractivity contribution in [3.05, 3.63) is 66.4 Å². The van der Waals surface area contributed by atoms with E-state index in [0.29, 0.717) is 17.3 Å². The zero-order valence-electron chi connectivity index (χ0n) is 12.4. The van der Waals surface area contributed by atoms with Gasteiger partial charge in [-0.3, -0.25) is 0 Å². The van der Waals surface area contributed by atoms with Crippen LogP contribution in [0.4, 0.5) is 11.5 Å². The number of aromatic nitrogens is 2. The van der Waals surface area contributed by atoms with E-state index < -0.39 is 5.97 Å². The molecule has 2 aromatic carbocycles. The van der Waals surface area contributed by atoms with Crippen LogP contribution < -0.4 is 10.1 Å². The first-order chi connectivity index (χ1) is 11.2. The zero-order valence-corrected chi connectivity index (χ0v) is 12.4. The standard InChI is InChI=1S/C17H15N3O3/c1-23-13-7-8-15(14(11-13)17(21)22)19-16-9-10-18-20(16)12-5-3-2-4-6-12/h2-11,19H,1H3,(H,21,22). The van der Waals surface area contributed by atoms with Crippen molar-refractivity contribution in [2.75, 3.05) is 12.4 Å². The highest BCUT2D eigenvalue weighted by Gasteiger charge is 2.13. The molecule has 23 heavy (non-hydrogen) atoms. The zero-order chi connectivity index (χ0) is 16.2. The molecule has 0 bridgehead atoms. The summed E-state index contributed by atoms with van der Waals surface area (Å²) in [5.41, 5.74) is 1.48. The van der Waals surface area contributed by atoms with Crippen LogP contribution >= 0.6 is 0 Å². The highest BCUT2D eigenvalue weighted by molar-refractivity contribution is 5.95. The number of hydrogen-bond donors (Lipinski definition) is 2. The van der Waals surface area contributed by atoms with Gasteiger partial charge < -0.3 is 15.2 Å². The fourth-order valence-corrected chi connectivity index (χ4v) is 2.25. The summed E-state index contributed by atoms with van der Waals surface area (Å²) in [5, 5.41) is 16.8. The van der Waals surface area contributed by atoms with E-state index in [2.05, 4.69) is 10.4 Å². The third-order valence-corrected chi connectivity index (χ3v) is 3.36. The highest BCUT2D eigenvalue weighted by Crippen LogP contribution is 2.26. The number of rotatable bonds is 5. The third-order valence-electron chi connectivity index (χ3n) is 3.36. The first-order valence-electron chi connectivity index (χ1n) is 6.97. The van der Waals surface area contributed by atoms with Gasteiger partial charge in [0, 0.05) is 6.07 Å². The number of ether oxygens (including phenoxy) is 1. The Labute approximate surface area is 133 Å². The smallest absolute Gasteiger partial charge is 0.337 e. The predicted octanol–water partition coefficient (Wildman–Crippen LogP) is 3.32. The largest absolute Gasteiger partial charge is 0.497 e. The lowest BCUT2D eigenvalue weighted by Crippen LogP contribution is -2.07. The molecule has 0 aliphatic heterocycles. The molecule has 0 aliphatic rings. The maximum Gasteiger partial charge on any atom is 0.337 e. The minimum Gasteiger partial charge on any atom is -0.497 e. The molecule has 0 spiro atoms. The lowest BCUT2D eigenvalue weighted by atomic mass is 10.1. The minimum absolute atomic E-state index is 0.130. The molecular formula is C17H15N3O3. The van der Waals surface area contributed by atoms with Crippen molar-refractivity contribution in [1.82, 2.24) is 9.78 Å². The SMILES string of the molecule is COc1ccc(Nc2ccnn2-c2ccccc2)c(C(=O)O)c1. The van der Waals surface area contributed by atoms with Crippen LogP contribution in [-0.2, 0) is 0 Å². The number of carboxylic acid groups (broad SMARTS) is 1. The van der Waals surface area contributed by atoms with Gasteiger partial charge in [-0.2, -0.15) is 5.10 Å². The summed E-state index contributed by atoms with van der Waals surface area (Å²) in [6, 6.07) is 16.2. The Morgan fingerprint density at radius 2 is 1.96 bits per heavy atom. The number of carboxylic acids is 1. The van der Waals surface area contributed by atoms with Gasteiger partial charge in [0.25, 0.3) is 0 Å². The van der Waals surface area contributed by atoms with E-state index in [1.165, 1.54) is 13.2 Å². The lowest BCUT2D eigenvalue weighted by Gasteiger charge is -2.12. The predicted molar refractivity (Wildman–Crippen MR) is 86.8 cm³/mol. The molecule has 1 heterocycles. The van der Waals surface area contributed by atoms with Crippen molar-refractivity contribution < 1.29 is 14.6 Å². The van der Waals surface area contributed by atoms with Crippen molar-refractivity contribution in [2.24, 2.45) is 0 Å². The van der Waals surface area contributed by atoms with Crippen molar-refractivity contribution in [3.8, 4) is 11.4 Å². The van der Waals surface area contributed by atoms with Gasteiger partial charge in [0.05, 0.1) is 30.2 Å². The van der Waals surface area contributed by atoms with Gasteiger partial charge in [-0.05, 0) is 30.3 Å². The average molecular weight is 309 g/mol. The Bertz CT molecular complexity index is 828. The molecule has 0 unspecified atom stereocenters. The molecule has 0 aliphatic carbocycles. The summed E-state index contributed by atoms with van der Waals surface area (Å²) in [5.74, 6) is 0.130. The number of aromatic carboxylic acids is 1. The molecule has 3 aromatic rings. The molecule has 0 radical (unpaired) electrons. The number of nitrogens with zero attached hydrogens (tertiary/aromatic N) is 2. The second-order valence-corrected chi connectivity index (χ2v) is 4.81. The van der Waals surface area contributed by atoms with Crippen molar-refractivity contribution >= 4 is 17.5 Å². The Kier molecular flexibility index (Phi) is 3.97. The Hall–Kier alpha value is -3.28. The molecule has 0 saturated carbocycles. The molecule has 6 nitrogen and oxygen atoms in total. The van der Waals surface area contributed by atoms with Gasteiger partial charge in [-0.25, -0.2) is 9.48 Å². The number of nitrogens with one attached hydrogen (secondary N) is 1. The molecule has 1 aromatic heterocycles. The highest BCUT2D eigenvalue weighted by atomic mass is 16.5. The molecule has 0 amide bonds. The minimum atomic E-state index is -1.03. The topological polar surface area (TPSA) is 76.4 Å². The van der Waals surface area contributed by atoms with E-state index in [9.17, 15) is 9.90 Å². The number of benzene rings is 2. The Morgan fingerprint density at radius 1 is 1.17 bits per heavy atom. The molecular weight excluding hydrogens is 294 g/mol. The van der Waals surface area contributed by atoms with Crippen LogP contribution in [0.25, 0.3) is 5.69 Å². The van der Waals surface area contributed by atoms with Crippen LogP contribution in [0, 0.1) is 0 Å². The third kappa shape index (κ3) is 3.01. The molecule has 0 fully saturated rings. The van der Waals surface area contributed by atoms with Crippen LogP contribution in [0.3, 0.4) is 0 Å². The lowest BCUT2D eigenvalue weighted by molar-refractivity contribution is 0.0697. The first-order valence-corrected chi connectivity index (χ1v) is 6.97. The van der Waals surface area contributed by atoms with E-state index in [1.807, 2.05) is 30.3 Å². The van der Waals surface area contributed by atoms with E-state index in [0.717, 1.165) is 5.69 Å². The number of carbonyl (C=O) groups is 1. The molecule has 116 valence electrons. The maximum atomic E-state index is 11.5. The van der Waals surface area contributed by atoms with Gasteiger partial charge >= 0.3 is 5.97 Å². The van der Waals surface area contributed by atoms with E-state index in [4.69, 9.17) is 4.74 Å². The fourth-order valence-electron chi connectivity index (χ4n) is 2.25. The van der Waals surface area contributed by atoms with E-state index in [1.54, 1.807) is 29.1 Å². The monoisotopic (exact) mass is 309 g/mol. The fraction of sp³-hybridized carbons (Fsp3) is 0.0588. The van der Waals surface area contributed by atoms with Crippen molar-refractivity contribution in [2.45, 2.75) is 0 Å². The van der Waals surface area contributed by atoms with Crippen LogP contribution in [0.1, 0.15) is 10.4 Å². The molecule has 3 rings (SSSR count). The summed E-state index contributed by atoms with van der Waals surface area (Å²) in [4.78, 5) is 11.5. The molecule has 0 saturated heterocycles. The van der Waals surface area contributed by atoms with Gasteiger partial charge in [0.15, 0.2) is 0 Å². The average Bonchev–Trinajstić information content (AvgIpc) is 3.04. The first kappa shape index (κ1) is 14.6. The van der Waals surface area contributed by atoms with Gasteiger partial charge in [0.1, 0.15) is 11.6 Å². The van der Waals surface area contributed by atoms with E-state index in [-0.39, 0.29) is 5.56 Å². The number of para-hydroxylation sites is 1. The number of anilines is 2. The summed E-state index contributed by atoms with van der Waals surface area (Å²) in [6.07, 6.45) is 1.65. The maximum absolute atomic E-state index is 11.5.